The predicted molar refractivity (Wildman–Crippen MR) is 89.4 cm³/mol. The molecule has 1 amide bonds. The second-order valence-corrected chi connectivity index (χ2v) is 7.73. The summed E-state index contributed by atoms with van der Waals surface area (Å²) in [6.45, 7) is 8.37. The fraction of sp³-hybridized carbons (Fsp3) is 0.647. The molecule has 8 heteroatoms. The molecule has 0 aromatic carbocycles. The molecule has 2 aliphatic heterocycles. The zero-order valence-electron chi connectivity index (χ0n) is 15.0. The van der Waals surface area contributed by atoms with Gasteiger partial charge in [-0.05, 0) is 18.4 Å². The maximum Gasteiger partial charge on any atom is 0.240 e. The first-order chi connectivity index (χ1) is 11.9. The molecule has 25 heavy (non-hydrogen) atoms. The minimum atomic E-state index is 0.139. The van der Waals surface area contributed by atoms with Gasteiger partial charge < -0.3 is 9.42 Å². The number of aromatic nitrogens is 4. The molecule has 4 heterocycles. The van der Waals surface area contributed by atoms with E-state index in [9.17, 15) is 4.79 Å². The van der Waals surface area contributed by atoms with Crippen molar-refractivity contribution >= 4 is 5.91 Å². The molecule has 0 spiro atoms. The summed E-state index contributed by atoms with van der Waals surface area (Å²) in [6.07, 6.45) is 4.11. The summed E-state index contributed by atoms with van der Waals surface area (Å²) in [4.78, 5) is 21.3. The Kier molecular flexibility index (Phi) is 3.87. The molecular weight excluding hydrogens is 320 g/mol. The second-order valence-electron chi connectivity index (χ2n) is 7.73. The standard InChI is InChI=1S/C17H24N6O2/c1-12-19-15(25-20-12)9-22-7-14-8-23(11-17(14,2)10-22)16(24)4-13-5-18-21(3)6-13/h5-6,14H,4,7-11H2,1-3H3/t14-,17+/m1/s1. The van der Waals surface area contributed by atoms with Gasteiger partial charge in [-0.15, -0.1) is 0 Å². The highest BCUT2D eigenvalue weighted by molar-refractivity contribution is 5.79. The number of rotatable bonds is 4. The lowest BCUT2D eigenvalue weighted by Gasteiger charge is -2.24. The Bertz CT molecular complexity index is 784. The molecule has 2 fully saturated rings. The molecule has 2 aromatic heterocycles. The first kappa shape index (κ1) is 16.3. The number of hydrogen-bond acceptors (Lipinski definition) is 6. The summed E-state index contributed by atoms with van der Waals surface area (Å²) < 4.78 is 6.97. The molecular formula is C17H24N6O2. The number of carbonyl (C=O) groups excluding carboxylic acids is 1. The van der Waals surface area contributed by atoms with Crippen molar-refractivity contribution in [3.63, 3.8) is 0 Å². The molecule has 0 N–H and O–H groups in total. The van der Waals surface area contributed by atoms with Crippen LogP contribution in [0.1, 0.15) is 24.2 Å². The van der Waals surface area contributed by atoms with E-state index in [0.29, 0.717) is 30.6 Å². The van der Waals surface area contributed by atoms with Gasteiger partial charge in [0.2, 0.25) is 11.8 Å². The van der Waals surface area contributed by atoms with Gasteiger partial charge in [0, 0.05) is 44.8 Å². The Morgan fingerprint density at radius 3 is 2.88 bits per heavy atom. The number of fused-ring (bicyclic) bond motifs is 1. The first-order valence-electron chi connectivity index (χ1n) is 8.68. The summed E-state index contributed by atoms with van der Waals surface area (Å²) >= 11 is 0. The number of likely N-dealkylation sites (tertiary alicyclic amines) is 2. The molecule has 2 aliphatic rings. The quantitative estimate of drug-likeness (QED) is 0.809. The van der Waals surface area contributed by atoms with Crippen LogP contribution in [0.5, 0.6) is 0 Å². The lowest BCUT2D eigenvalue weighted by molar-refractivity contribution is -0.130. The fourth-order valence-corrected chi connectivity index (χ4v) is 4.22. The molecule has 2 aromatic rings. The predicted octanol–water partition coefficient (Wildman–Crippen LogP) is 0.635. The Balaban J connectivity index is 1.35. The number of carbonyl (C=O) groups is 1. The van der Waals surface area contributed by atoms with E-state index >= 15 is 0 Å². The molecule has 0 unspecified atom stereocenters. The van der Waals surface area contributed by atoms with Gasteiger partial charge in [0.15, 0.2) is 5.82 Å². The van der Waals surface area contributed by atoms with E-state index in [1.807, 2.05) is 25.1 Å². The summed E-state index contributed by atoms with van der Waals surface area (Å²) in [5, 5.41) is 7.99. The van der Waals surface area contributed by atoms with Crippen LogP contribution in [0, 0.1) is 18.3 Å². The van der Waals surface area contributed by atoms with E-state index in [-0.39, 0.29) is 11.3 Å². The van der Waals surface area contributed by atoms with Crippen molar-refractivity contribution in [2.45, 2.75) is 26.8 Å². The van der Waals surface area contributed by atoms with E-state index in [4.69, 9.17) is 4.52 Å². The van der Waals surface area contributed by atoms with Crippen LogP contribution in [-0.4, -0.2) is 61.8 Å². The normalized spacial score (nSPS) is 26.4. The van der Waals surface area contributed by atoms with E-state index in [1.165, 1.54) is 0 Å². The van der Waals surface area contributed by atoms with Crippen molar-refractivity contribution in [2.75, 3.05) is 26.2 Å². The molecule has 4 rings (SSSR count). The Hall–Kier alpha value is -2.22. The second kappa shape index (κ2) is 5.94. The van der Waals surface area contributed by atoms with Crippen LogP contribution in [0.25, 0.3) is 0 Å². The fourth-order valence-electron chi connectivity index (χ4n) is 4.22. The van der Waals surface area contributed by atoms with Crippen LogP contribution in [0.2, 0.25) is 0 Å². The number of amides is 1. The van der Waals surface area contributed by atoms with Crippen LogP contribution >= 0.6 is 0 Å². The van der Waals surface area contributed by atoms with Gasteiger partial charge in [0.05, 0.1) is 19.2 Å². The lowest BCUT2D eigenvalue weighted by Crippen LogP contribution is -2.36. The summed E-state index contributed by atoms with van der Waals surface area (Å²) in [6, 6.07) is 0. The topological polar surface area (TPSA) is 80.3 Å². The molecule has 134 valence electrons. The van der Waals surface area contributed by atoms with Crippen LogP contribution in [0.4, 0.5) is 0 Å². The van der Waals surface area contributed by atoms with Crippen LogP contribution < -0.4 is 0 Å². The highest BCUT2D eigenvalue weighted by Gasteiger charge is 2.50. The Labute approximate surface area is 146 Å². The van der Waals surface area contributed by atoms with Gasteiger partial charge in [0.25, 0.3) is 0 Å². The monoisotopic (exact) mass is 344 g/mol. The zero-order chi connectivity index (χ0) is 17.6. The third kappa shape index (κ3) is 3.18. The van der Waals surface area contributed by atoms with Gasteiger partial charge in [0.1, 0.15) is 0 Å². The molecule has 0 aliphatic carbocycles. The van der Waals surface area contributed by atoms with Crippen molar-refractivity contribution in [1.82, 2.24) is 29.7 Å². The smallest absolute Gasteiger partial charge is 0.240 e. The third-order valence-electron chi connectivity index (χ3n) is 5.44. The maximum absolute atomic E-state index is 12.6. The number of aryl methyl sites for hydroxylation is 2. The molecule has 0 bridgehead atoms. The van der Waals surface area contributed by atoms with Crippen molar-refractivity contribution in [2.24, 2.45) is 18.4 Å². The summed E-state index contributed by atoms with van der Waals surface area (Å²) in [7, 11) is 1.87. The van der Waals surface area contributed by atoms with Crippen molar-refractivity contribution in [1.29, 1.82) is 0 Å². The van der Waals surface area contributed by atoms with Gasteiger partial charge in [-0.1, -0.05) is 12.1 Å². The minimum absolute atomic E-state index is 0.139. The van der Waals surface area contributed by atoms with Gasteiger partial charge in [-0.3, -0.25) is 14.4 Å². The molecule has 0 saturated carbocycles. The summed E-state index contributed by atoms with van der Waals surface area (Å²) in [5.74, 6) is 2.04. The van der Waals surface area contributed by atoms with Gasteiger partial charge in [-0.2, -0.15) is 10.1 Å². The molecule has 2 saturated heterocycles. The van der Waals surface area contributed by atoms with E-state index < -0.39 is 0 Å². The van der Waals surface area contributed by atoms with E-state index in [0.717, 1.165) is 31.7 Å². The lowest BCUT2D eigenvalue weighted by atomic mass is 9.83. The van der Waals surface area contributed by atoms with Crippen molar-refractivity contribution < 1.29 is 9.32 Å². The average Bonchev–Trinajstić information content (AvgIpc) is 3.25. The van der Waals surface area contributed by atoms with Crippen LogP contribution in [0.3, 0.4) is 0 Å². The minimum Gasteiger partial charge on any atom is -0.341 e. The van der Waals surface area contributed by atoms with Crippen LogP contribution in [-0.2, 0) is 24.8 Å². The zero-order valence-corrected chi connectivity index (χ0v) is 15.0. The summed E-state index contributed by atoms with van der Waals surface area (Å²) in [5.41, 5.74) is 1.11. The molecule has 8 nitrogen and oxygen atoms in total. The largest absolute Gasteiger partial charge is 0.341 e. The molecule has 0 radical (unpaired) electrons. The third-order valence-corrected chi connectivity index (χ3v) is 5.44. The Morgan fingerprint density at radius 2 is 2.24 bits per heavy atom. The van der Waals surface area contributed by atoms with Crippen molar-refractivity contribution in [3.8, 4) is 0 Å². The van der Waals surface area contributed by atoms with Crippen molar-refractivity contribution in [3.05, 3.63) is 29.7 Å². The number of nitrogens with zero attached hydrogens (tertiary/aromatic N) is 6. The van der Waals surface area contributed by atoms with Gasteiger partial charge >= 0.3 is 0 Å². The van der Waals surface area contributed by atoms with Crippen LogP contribution in [0.15, 0.2) is 16.9 Å². The van der Waals surface area contributed by atoms with Gasteiger partial charge in [-0.25, -0.2) is 0 Å². The molecule has 2 atom stereocenters. The highest BCUT2D eigenvalue weighted by atomic mass is 16.5. The highest BCUT2D eigenvalue weighted by Crippen LogP contribution is 2.42. The maximum atomic E-state index is 12.6. The van der Waals surface area contributed by atoms with E-state index in [2.05, 4.69) is 27.1 Å². The van der Waals surface area contributed by atoms with E-state index in [1.54, 1.807) is 10.9 Å². The Morgan fingerprint density at radius 1 is 1.40 bits per heavy atom. The first-order valence-corrected chi connectivity index (χ1v) is 8.68. The number of hydrogen-bond donors (Lipinski definition) is 0. The SMILES string of the molecule is Cc1noc(CN2C[C@@H]3CN(C(=O)Cc4cnn(C)c4)C[C@]3(C)C2)n1. The average molecular weight is 344 g/mol.